The monoisotopic (exact) mass is 161 g/mol. The Balaban J connectivity index is 2.51. The number of aliphatic hydroxyl groups is 2. The SMILES string of the molecule is NOC1C(O)CCCCC1O. The van der Waals surface area contributed by atoms with Crippen LogP contribution >= 0.6 is 0 Å². The van der Waals surface area contributed by atoms with E-state index >= 15 is 0 Å². The number of nitrogens with two attached hydrogens (primary N) is 1. The fourth-order valence-electron chi connectivity index (χ4n) is 1.47. The molecule has 0 saturated heterocycles. The highest BCUT2D eigenvalue weighted by atomic mass is 16.6. The molecule has 0 aliphatic heterocycles. The van der Waals surface area contributed by atoms with Crippen molar-refractivity contribution in [2.75, 3.05) is 0 Å². The van der Waals surface area contributed by atoms with Crippen molar-refractivity contribution in [2.45, 2.75) is 44.0 Å². The molecule has 0 aromatic rings. The van der Waals surface area contributed by atoms with E-state index < -0.39 is 18.3 Å². The quantitative estimate of drug-likeness (QED) is 0.359. The molecule has 1 fully saturated rings. The van der Waals surface area contributed by atoms with E-state index in [-0.39, 0.29) is 0 Å². The second kappa shape index (κ2) is 4.01. The topological polar surface area (TPSA) is 75.7 Å². The Kier molecular flexibility index (Phi) is 3.26. The zero-order chi connectivity index (χ0) is 8.27. The zero-order valence-corrected chi connectivity index (χ0v) is 6.44. The Labute approximate surface area is 65.9 Å². The van der Waals surface area contributed by atoms with E-state index in [0.717, 1.165) is 12.8 Å². The normalized spacial score (nSPS) is 40.1. The molecule has 0 spiro atoms. The molecule has 4 heteroatoms. The molecule has 2 atom stereocenters. The van der Waals surface area contributed by atoms with Crippen LogP contribution in [0, 0.1) is 0 Å². The van der Waals surface area contributed by atoms with Crippen molar-refractivity contribution >= 4 is 0 Å². The summed E-state index contributed by atoms with van der Waals surface area (Å²) in [6.07, 6.45) is 1.36. The first kappa shape index (κ1) is 8.93. The highest BCUT2D eigenvalue weighted by molar-refractivity contribution is 4.79. The van der Waals surface area contributed by atoms with Gasteiger partial charge in [0.1, 0.15) is 6.10 Å². The summed E-state index contributed by atoms with van der Waals surface area (Å²) in [7, 11) is 0. The molecular weight excluding hydrogens is 146 g/mol. The average Bonchev–Trinajstić information content (AvgIpc) is 2.12. The largest absolute Gasteiger partial charge is 0.390 e. The third-order valence-corrected chi connectivity index (χ3v) is 2.17. The van der Waals surface area contributed by atoms with Gasteiger partial charge in [-0.15, -0.1) is 0 Å². The molecule has 4 nitrogen and oxygen atoms in total. The van der Waals surface area contributed by atoms with Gasteiger partial charge in [-0.3, -0.25) is 4.84 Å². The predicted molar refractivity (Wildman–Crippen MR) is 39.5 cm³/mol. The van der Waals surface area contributed by atoms with Crippen LogP contribution in [0.1, 0.15) is 25.7 Å². The third kappa shape index (κ3) is 2.13. The Morgan fingerprint density at radius 2 is 1.55 bits per heavy atom. The summed E-state index contributed by atoms with van der Waals surface area (Å²) < 4.78 is 0. The van der Waals surface area contributed by atoms with Crippen molar-refractivity contribution in [2.24, 2.45) is 5.90 Å². The fourth-order valence-corrected chi connectivity index (χ4v) is 1.47. The van der Waals surface area contributed by atoms with E-state index in [1.807, 2.05) is 0 Å². The maximum Gasteiger partial charge on any atom is 0.130 e. The fraction of sp³-hybridized carbons (Fsp3) is 1.00. The second-order valence-corrected chi connectivity index (χ2v) is 3.02. The molecule has 2 unspecified atom stereocenters. The summed E-state index contributed by atoms with van der Waals surface area (Å²) in [6, 6.07) is 0. The molecule has 1 saturated carbocycles. The van der Waals surface area contributed by atoms with Crippen LogP contribution in [0.2, 0.25) is 0 Å². The summed E-state index contributed by atoms with van der Waals surface area (Å²) in [4.78, 5) is 4.50. The van der Waals surface area contributed by atoms with Gasteiger partial charge in [0.05, 0.1) is 12.2 Å². The lowest BCUT2D eigenvalue weighted by molar-refractivity contribution is -0.0988. The van der Waals surface area contributed by atoms with E-state index in [2.05, 4.69) is 4.84 Å². The molecule has 11 heavy (non-hydrogen) atoms. The van der Waals surface area contributed by atoms with Crippen LogP contribution < -0.4 is 5.90 Å². The molecule has 1 rings (SSSR count). The highest BCUT2D eigenvalue weighted by Gasteiger charge is 2.29. The van der Waals surface area contributed by atoms with Crippen molar-refractivity contribution in [3.63, 3.8) is 0 Å². The van der Waals surface area contributed by atoms with E-state index in [1.54, 1.807) is 0 Å². The van der Waals surface area contributed by atoms with Crippen molar-refractivity contribution in [1.29, 1.82) is 0 Å². The van der Waals surface area contributed by atoms with Gasteiger partial charge in [-0.2, -0.15) is 0 Å². The van der Waals surface area contributed by atoms with Gasteiger partial charge in [-0.1, -0.05) is 12.8 Å². The van der Waals surface area contributed by atoms with E-state index in [9.17, 15) is 10.2 Å². The molecule has 4 N–H and O–H groups in total. The van der Waals surface area contributed by atoms with Gasteiger partial charge in [0.2, 0.25) is 0 Å². The van der Waals surface area contributed by atoms with Gasteiger partial charge < -0.3 is 10.2 Å². The third-order valence-electron chi connectivity index (χ3n) is 2.17. The first-order chi connectivity index (χ1) is 5.25. The number of hydrogen-bond acceptors (Lipinski definition) is 4. The van der Waals surface area contributed by atoms with Gasteiger partial charge in [0.15, 0.2) is 0 Å². The summed E-state index contributed by atoms with van der Waals surface area (Å²) in [5.74, 6) is 4.93. The van der Waals surface area contributed by atoms with Crippen LogP contribution in [0.3, 0.4) is 0 Å². The standard InChI is InChI=1S/C7H15NO3/c8-11-7-5(9)3-1-2-4-6(7)10/h5-7,9-10H,1-4,8H2. The Bertz CT molecular complexity index is 108. The van der Waals surface area contributed by atoms with Crippen molar-refractivity contribution in [3.05, 3.63) is 0 Å². The molecule has 66 valence electrons. The number of hydrogen-bond donors (Lipinski definition) is 3. The van der Waals surface area contributed by atoms with E-state index in [0.29, 0.717) is 12.8 Å². The average molecular weight is 161 g/mol. The Morgan fingerprint density at radius 1 is 1.09 bits per heavy atom. The minimum atomic E-state index is -0.613. The van der Waals surface area contributed by atoms with Crippen LogP contribution in [0.4, 0.5) is 0 Å². The van der Waals surface area contributed by atoms with Gasteiger partial charge >= 0.3 is 0 Å². The van der Waals surface area contributed by atoms with Gasteiger partial charge in [0, 0.05) is 0 Å². The van der Waals surface area contributed by atoms with E-state index in [4.69, 9.17) is 5.90 Å². The lowest BCUT2D eigenvalue weighted by Gasteiger charge is -2.21. The minimum Gasteiger partial charge on any atom is -0.390 e. The molecule has 0 heterocycles. The Morgan fingerprint density at radius 3 is 1.91 bits per heavy atom. The number of aliphatic hydroxyl groups excluding tert-OH is 2. The van der Waals surface area contributed by atoms with Crippen molar-refractivity contribution in [1.82, 2.24) is 0 Å². The van der Waals surface area contributed by atoms with Crippen molar-refractivity contribution in [3.8, 4) is 0 Å². The maximum atomic E-state index is 9.35. The van der Waals surface area contributed by atoms with Gasteiger partial charge in [-0.25, -0.2) is 5.90 Å². The summed E-state index contributed by atoms with van der Waals surface area (Å²) in [5, 5.41) is 18.7. The lowest BCUT2D eigenvalue weighted by atomic mass is 10.1. The molecule has 0 bridgehead atoms. The minimum absolute atomic E-state index is 0.600. The highest BCUT2D eigenvalue weighted by Crippen LogP contribution is 2.19. The second-order valence-electron chi connectivity index (χ2n) is 3.02. The number of rotatable bonds is 1. The van der Waals surface area contributed by atoms with E-state index in [1.165, 1.54) is 0 Å². The smallest absolute Gasteiger partial charge is 0.130 e. The molecule has 0 aromatic carbocycles. The lowest BCUT2D eigenvalue weighted by Crippen LogP contribution is -2.40. The zero-order valence-electron chi connectivity index (χ0n) is 6.44. The van der Waals surface area contributed by atoms with Gasteiger partial charge in [0.25, 0.3) is 0 Å². The Hall–Kier alpha value is -0.160. The molecule has 0 radical (unpaired) electrons. The summed E-state index contributed by atoms with van der Waals surface area (Å²) in [6.45, 7) is 0. The maximum absolute atomic E-state index is 9.35. The first-order valence-corrected chi connectivity index (χ1v) is 3.97. The van der Waals surface area contributed by atoms with Crippen LogP contribution in [0.5, 0.6) is 0 Å². The predicted octanol–water partition coefficient (Wildman–Crippen LogP) is -0.459. The summed E-state index contributed by atoms with van der Waals surface area (Å²) in [5.41, 5.74) is 0. The molecular formula is C7H15NO3. The van der Waals surface area contributed by atoms with Crippen LogP contribution in [-0.2, 0) is 4.84 Å². The molecule has 1 aliphatic carbocycles. The first-order valence-electron chi connectivity index (χ1n) is 3.97. The van der Waals surface area contributed by atoms with Crippen LogP contribution in [0.25, 0.3) is 0 Å². The van der Waals surface area contributed by atoms with Crippen molar-refractivity contribution < 1.29 is 15.1 Å². The van der Waals surface area contributed by atoms with Crippen LogP contribution in [0.15, 0.2) is 0 Å². The summed E-state index contributed by atoms with van der Waals surface area (Å²) >= 11 is 0. The molecule has 1 aliphatic rings. The molecule has 0 aromatic heterocycles. The molecule has 0 amide bonds. The van der Waals surface area contributed by atoms with Gasteiger partial charge in [-0.05, 0) is 12.8 Å². The van der Waals surface area contributed by atoms with Crippen LogP contribution in [-0.4, -0.2) is 28.5 Å².